The van der Waals surface area contributed by atoms with E-state index in [1.54, 1.807) is 25.4 Å². The maximum Gasteiger partial charge on any atom is 0.144 e. The summed E-state index contributed by atoms with van der Waals surface area (Å²) in [5.41, 5.74) is 7.36. The van der Waals surface area contributed by atoms with Crippen LogP contribution >= 0.6 is 23.2 Å². The normalized spacial score (nSPS) is 12.7. The van der Waals surface area contributed by atoms with E-state index >= 15 is 0 Å². The lowest BCUT2D eigenvalue weighted by molar-refractivity contribution is 0.711. The van der Waals surface area contributed by atoms with Gasteiger partial charge in [0.25, 0.3) is 0 Å². The smallest absolute Gasteiger partial charge is 0.144 e. The summed E-state index contributed by atoms with van der Waals surface area (Å²) >= 11 is 12.1. The standard InChI is InChI=1S/C17H12Cl2N6/c1-25-9-12(8-24-25)17(23)15(7-22)16(11(5-20)6-21)10-2-13(18)4-14(19)3-10/h2-4,8-9,11,16H,23H2,1H3/b17-15-. The van der Waals surface area contributed by atoms with Crippen LogP contribution in [0.25, 0.3) is 5.70 Å². The van der Waals surface area contributed by atoms with Gasteiger partial charge in [0, 0.05) is 28.9 Å². The molecule has 124 valence electrons. The summed E-state index contributed by atoms with van der Waals surface area (Å²) in [5.74, 6) is -2.03. The Bertz CT molecular complexity index is 920. The first-order valence-electron chi connectivity index (χ1n) is 7.05. The minimum absolute atomic E-state index is 0.0828. The number of aryl methyl sites for hydroxylation is 1. The number of nitrogens with zero attached hydrogens (tertiary/aromatic N) is 5. The van der Waals surface area contributed by atoms with E-state index in [9.17, 15) is 15.8 Å². The van der Waals surface area contributed by atoms with Crippen LogP contribution in [0.1, 0.15) is 17.0 Å². The van der Waals surface area contributed by atoms with Gasteiger partial charge in [-0.1, -0.05) is 23.2 Å². The molecule has 2 rings (SSSR count). The second-order valence-corrected chi connectivity index (χ2v) is 6.13. The molecule has 6 nitrogen and oxygen atoms in total. The maximum absolute atomic E-state index is 9.67. The van der Waals surface area contributed by atoms with Gasteiger partial charge in [-0.15, -0.1) is 0 Å². The van der Waals surface area contributed by atoms with E-state index < -0.39 is 11.8 Å². The molecule has 2 aromatic rings. The number of rotatable bonds is 4. The van der Waals surface area contributed by atoms with Crippen LogP contribution in [0.3, 0.4) is 0 Å². The van der Waals surface area contributed by atoms with E-state index in [0.717, 1.165) is 0 Å². The lowest BCUT2D eigenvalue weighted by atomic mass is 9.80. The van der Waals surface area contributed by atoms with E-state index in [0.29, 0.717) is 21.2 Å². The van der Waals surface area contributed by atoms with Gasteiger partial charge in [0.05, 0.1) is 41.6 Å². The summed E-state index contributed by atoms with van der Waals surface area (Å²) in [5, 5.41) is 33.1. The molecule has 1 aromatic heterocycles. The van der Waals surface area contributed by atoms with Gasteiger partial charge < -0.3 is 5.73 Å². The molecule has 1 atom stereocenters. The molecule has 1 unspecified atom stereocenters. The predicted molar refractivity (Wildman–Crippen MR) is 93.8 cm³/mol. The van der Waals surface area contributed by atoms with Gasteiger partial charge in [0.15, 0.2) is 0 Å². The Morgan fingerprint density at radius 1 is 1.16 bits per heavy atom. The van der Waals surface area contributed by atoms with Gasteiger partial charge in [-0.05, 0) is 23.8 Å². The van der Waals surface area contributed by atoms with Crippen LogP contribution in [-0.4, -0.2) is 9.78 Å². The average Bonchev–Trinajstić information content (AvgIpc) is 3.00. The SMILES string of the molecule is Cn1cc(/C(N)=C(\C#N)C(c2cc(Cl)cc(Cl)c2)C(C#N)C#N)cn1. The van der Waals surface area contributed by atoms with Crippen molar-refractivity contribution in [2.45, 2.75) is 5.92 Å². The third-order valence-corrected chi connectivity index (χ3v) is 4.03. The number of halogens is 2. The second kappa shape index (κ2) is 7.73. The number of nitrogens with two attached hydrogens (primary N) is 1. The molecule has 0 bridgehead atoms. The van der Waals surface area contributed by atoms with E-state index in [2.05, 4.69) is 5.10 Å². The minimum atomic E-state index is -1.14. The van der Waals surface area contributed by atoms with Gasteiger partial charge in [-0.25, -0.2) is 0 Å². The summed E-state index contributed by atoms with van der Waals surface area (Å²) in [6, 6.07) is 10.5. The monoisotopic (exact) mass is 370 g/mol. The molecule has 0 aliphatic carbocycles. The topological polar surface area (TPSA) is 115 Å². The van der Waals surface area contributed by atoms with E-state index in [1.165, 1.54) is 16.9 Å². The number of nitriles is 3. The molecule has 0 fully saturated rings. The van der Waals surface area contributed by atoms with Crippen molar-refractivity contribution in [3.8, 4) is 18.2 Å². The zero-order chi connectivity index (χ0) is 18.6. The van der Waals surface area contributed by atoms with Crippen LogP contribution in [0.4, 0.5) is 0 Å². The third kappa shape index (κ3) is 3.92. The van der Waals surface area contributed by atoms with Crippen LogP contribution in [-0.2, 0) is 7.05 Å². The van der Waals surface area contributed by atoms with Crippen LogP contribution in [0.15, 0.2) is 36.2 Å². The lowest BCUT2D eigenvalue weighted by Gasteiger charge is -2.19. The van der Waals surface area contributed by atoms with Crippen molar-refractivity contribution in [1.29, 1.82) is 15.8 Å². The Morgan fingerprint density at radius 2 is 1.76 bits per heavy atom. The molecular formula is C17H12Cl2N6. The average molecular weight is 371 g/mol. The molecule has 0 aliphatic rings. The fourth-order valence-electron chi connectivity index (χ4n) is 2.47. The van der Waals surface area contributed by atoms with Crippen molar-refractivity contribution in [3.05, 3.63) is 57.3 Å². The highest BCUT2D eigenvalue weighted by atomic mass is 35.5. The van der Waals surface area contributed by atoms with E-state index in [1.807, 2.05) is 18.2 Å². The Labute approximate surface area is 154 Å². The molecule has 0 saturated carbocycles. The second-order valence-electron chi connectivity index (χ2n) is 5.26. The number of benzene rings is 1. The van der Waals surface area contributed by atoms with Crippen molar-refractivity contribution in [2.75, 3.05) is 0 Å². The molecule has 8 heteroatoms. The molecule has 0 radical (unpaired) electrons. The number of hydrogen-bond acceptors (Lipinski definition) is 5. The van der Waals surface area contributed by atoms with E-state index in [-0.39, 0.29) is 11.3 Å². The third-order valence-electron chi connectivity index (χ3n) is 3.59. The van der Waals surface area contributed by atoms with Gasteiger partial charge in [0.1, 0.15) is 5.92 Å². The van der Waals surface area contributed by atoms with Crippen molar-refractivity contribution in [2.24, 2.45) is 18.7 Å². The van der Waals surface area contributed by atoms with E-state index in [4.69, 9.17) is 28.9 Å². The zero-order valence-corrected chi connectivity index (χ0v) is 14.6. The summed E-state index contributed by atoms with van der Waals surface area (Å²) in [7, 11) is 1.71. The molecule has 1 aromatic carbocycles. The lowest BCUT2D eigenvalue weighted by Crippen LogP contribution is -2.16. The quantitative estimate of drug-likeness (QED) is 0.828. The van der Waals surface area contributed by atoms with Crippen LogP contribution in [0.5, 0.6) is 0 Å². The van der Waals surface area contributed by atoms with Crippen molar-refractivity contribution in [3.63, 3.8) is 0 Å². The van der Waals surface area contributed by atoms with Gasteiger partial charge in [0.2, 0.25) is 0 Å². The number of allylic oxidation sites excluding steroid dienone is 1. The van der Waals surface area contributed by atoms with Gasteiger partial charge in [-0.2, -0.15) is 20.9 Å². The predicted octanol–water partition coefficient (Wildman–Crippen LogP) is 3.37. The largest absolute Gasteiger partial charge is 0.397 e. The molecule has 0 amide bonds. The molecule has 25 heavy (non-hydrogen) atoms. The first-order chi connectivity index (χ1) is 11.9. The minimum Gasteiger partial charge on any atom is -0.397 e. The summed E-state index contributed by atoms with van der Waals surface area (Å²) in [6.45, 7) is 0. The molecule has 2 N–H and O–H groups in total. The molecule has 0 aliphatic heterocycles. The maximum atomic E-state index is 9.67. The van der Waals surface area contributed by atoms with Gasteiger partial charge >= 0.3 is 0 Å². The molecule has 0 spiro atoms. The number of hydrogen-bond donors (Lipinski definition) is 1. The highest BCUT2D eigenvalue weighted by Gasteiger charge is 2.30. The molecule has 0 saturated heterocycles. The zero-order valence-electron chi connectivity index (χ0n) is 13.1. The Morgan fingerprint density at radius 3 is 2.20 bits per heavy atom. The highest BCUT2D eigenvalue weighted by molar-refractivity contribution is 6.34. The summed E-state index contributed by atoms with van der Waals surface area (Å²) in [6.07, 6.45) is 3.14. The van der Waals surface area contributed by atoms with Gasteiger partial charge in [-0.3, -0.25) is 4.68 Å². The summed E-state index contributed by atoms with van der Waals surface area (Å²) in [4.78, 5) is 0. The van der Waals surface area contributed by atoms with Crippen molar-refractivity contribution in [1.82, 2.24) is 9.78 Å². The Kier molecular flexibility index (Phi) is 5.67. The first-order valence-corrected chi connectivity index (χ1v) is 7.80. The molecule has 1 heterocycles. The van der Waals surface area contributed by atoms with Crippen molar-refractivity contribution >= 4 is 28.9 Å². The summed E-state index contributed by atoms with van der Waals surface area (Å²) < 4.78 is 1.54. The first kappa shape index (κ1) is 18.4. The fourth-order valence-corrected chi connectivity index (χ4v) is 3.01. The fraction of sp³-hybridized carbons (Fsp3) is 0.176. The Balaban J connectivity index is 2.72. The number of aromatic nitrogens is 2. The molecular weight excluding hydrogens is 359 g/mol. The highest BCUT2D eigenvalue weighted by Crippen LogP contribution is 2.37. The van der Waals surface area contributed by atoms with Crippen LogP contribution in [0.2, 0.25) is 10.0 Å². The Hall–Kier alpha value is -2.98. The van der Waals surface area contributed by atoms with Crippen molar-refractivity contribution < 1.29 is 0 Å². The van der Waals surface area contributed by atoms with Crippen LogP contribution < -0.4 is 5.73 Å². The van der Waals surface area contributed by atoms with Crippen LogP contribution in [0, 0.1) is 39.9 Å².